The number of carbonyl (C=O) groups excluding carboxylic acids is 2. The Morgan fingerprint density at radius 2 is 1.67 bits per heavy atom. The summed E-state index contributed by atoms with van der Waals surface area (Å²) in [5, 5.41) is 3.11. The Bertz CT molecular complexity index is 972. The number of hydrogen-bond acceptors (Lipinski definition) is 4. The van der Waals surface area contributed by atoms with Gasteiger partial charge in [0.25, 0.3) is 0 Å². The van der Waals surface area contributed by atoms with E-state index in [1.807, 2.05) is 0 Å². The van der Waals surface area contributed by atoms with Crippen molar-refractivity contribution in [3.05, 3.63) is 58.1 Å². The minimum absolute atomic E-state index is 0.148. The highest BCUT2D eigenvalue weighted by Crippen LogP contribution is 2.29. The Kier molecular flexibility index (Phi) is 6.51. The molecule has 2 aromatic rings. The Balaban J connectivity index is 2.35. The SMILES string of the molecule is CC(=O)c1cccc(NC(=O)C(C)N(c2cc(Cl)cc(Cl)c2)S(C)(=O)=O)c1. The molecule has 0 spiro atoms. The number of amides is 1. The van der Waals surface area contributed by atoms with Gasteiger partial charge in [-0.3, -0.25) is 13.9 Å². The van der Waals surface area contributed by atoms with Gasteiger partial charge in [0.05, 0.1) is 11.9 Å². The zero-order valence-electron chi connectivity index (χ0n) is 14.9. The standard InChI is InChI=1S/C18H18Cl2N2O4S/c1-11(18(24)21-16-6-4-5-13(7-16)12(2)23)22(27(3,25)26)17-9-14(19)8-15(20)10-17/h4-11H,1-3H3,(H,21,24). The van der Waals surface area contributed by atoms with Gasteiger partial charge >= 0.3 is 0 Å². The van der Waals surface area contributed by atoms with Crippen LogP contribution < -0.4 is 9.62 Å². The van der Waals surface area contributed by atoms with Crippen LogP contribution in [0.5, 0.6) is 0 Å². The van der Waals surface area contributed by atoms with Crippen LogP contribution in [0.3, 0.4) is 0 Å². The van der Waals surface area contributed by atoms with E-state index in [1.165, 1.54) is 38.1 Å². The largest absolute Gasteiger partial charge is 0.324 e. The summed E-state index contributed by atoms with van der Waals surface area (Å²) in [7, 11) is -3.81. The predicted octanol–water partition coefficient (Wildman–Crippen LogP) is 3.99. The van der Waals surface area contributed by atoms with Crippen LogP contribution in [0.25, 0.3) is 0 Å². The van der Waals surface area contributed by atoms with Crippen molar-refractivity contribution in [1.82, 2.24) is 0 Å². The lowest BCUT2D eigenvalue weighted by molar-refractivity contribution is -0.116. The maximum Gasteiger partial charge on any atom is 0.247 e. The number of carbonyl (C=O) groups is 2. The van der Waals surface area contributed by atoms with Crippen LogP contribution in [-0.2, 0) is 14.8 Å². The lowest BCUT2D eigenvalue weighted by Crippen LogP contribution is -2.45. The molecule has 6 nitrogen and oxygen atoms in total. The Morgan fingerprint density at radius 1 is 1.07 bits per heavy atom. The molecule has 1 N–H and O–H groups in total. The first kappa shape index (κ1) is 21.2. The monoisotopic (exact) mass is 428 g/mol. The summed E-state index contributed by atoms with van der Waals surface area (Å²) in [5.41, 5.74) is 0.995. The molecule has 0 saturated carbocycles. The third-order valence-corrected chi connectivity index (χ3v) is 5.41. The quantitative estimate of drug-likeness (QED) is 0.704. The molecular formula is C18H18Cl2N2O4S. The fourth-order valence-electron chi connectivity index (χ4n) is 2.54. The maximum atomic E-state index is 12.7. The third kappa shape index (κ3) is 5.45. The Morgan fingerprint density at radius 3 is 2.19 bits per heavy atom. The van der Waals surface area contributed by atoms with Crippen LogP contribution in [0.1, 0.15) is 24.2 Å². The molecule has 0 heterocycles. The van der Waals surface area contributed by atoms with Gasteiger partial charge in [-0.05, 0) is 44.2 Å². The molecule has 0 radical (unpaired) electrons. The highest BCUT2D eigenvalue weighted by molar-refractivity contribution is 7.92. The molecule has 0 aliphatic carbocycles. The summed E-state index contributed by atoms with van der Waals surface area (Å²) in [6.45, 7) is 2.86. The number of sulfonamides is 1. The van der Waals surface area contributed by atoms with E-state index in [4.69, 9.17) is 23.2 Å². The summed E-state index contributed by atoms with van der Waals surface area (Å²) >= 11 is 11.9. The number of nitrogens with zero attached hydrogens (tertiary/aromatic N) is 1. The summed E-state index contributed by atoms with van der Waals surface area (Å²) in [6.07, 6.45) is 0.988. The molecule has 0 aliphatic heterocycles. The van der Waals surface area contributed by atoms with Crippen molar-refractivity contribution in [2.45, 2.75) is 19.9 Å². The van der Waals surface area contributed by atoms with Gasteiger partial charge in [0.1, 0.15) is 6.04 Å². The fourth-order valence-corrected chi connectivity index (χ4v) is 4.21. The molecular weight excluding hydrogens is 411 g/mol. The van der Waals surface area contributed by atoms with Crippen molar-refractivity contribution in [3.63, 3.8) is 0 Å². The van der Waals surface area contributed by atoms with Gasteiger partial charge in [-0.25, -0.2) is 8.42 Å². The van der Waals surface area contributed by atoms with Crippen molar-refractivity contribution < 1.29 is 18.0 Å². The molecule has 0 bridgehead atoms. The van der Waals surface area contributed by atoms with Gasteiger partial charge in [0.15, 0.2) is 5.78 Å². The molecule has 0 aliphatic rings. The number of benzene rings is 2. The summed E-state index contributed by atoms with van der Waals surface area (Å²) in [4.78, 5) is 24.1. The molecule has 0 aromatic heterocycles. The minimum atomic E-state index is -3.81. The average molecular weight is 429 g/mol. The number of halogens is 2. The number of anilines is 2. The highest BCUT2D eigenvalue weighted by Gasteiger charge is 2.29. The molecule has 0 fully saturated rings. The van der Waals surface area contributed by atoms with E-state index in [9.17, 15) is 18.0 Å². The molecule has 27 heavy (non-hydrogen) atoms. The maximum absolute atomic E-state index is 12.7. The van der Waals surface area contributed by atoms with Crippen LogP contribution in [0.15, 0.2) is 42.5 Å². The number of rotatable bonds is 6. The van der Waals surface area contributed by atoms with E-state index in [-0.39, 0.29) is 21.5 Å². The van der Waals surface area contributed by atoms with Gasteiger partial charge in [0.2, 0.25) is 15.9 Å². The van der Waals surface area contributed by atoms with E-state index >= 15 is 0 Å². The first-order chi connectivity index (χ1) is 12.5. The highest BCUT2D eigenvalue weighted by atomic mass is 35.5. The van der Waals surface area contributed by atoms with Crippen LogP contribution in [0.2, 0.25) is 10.0 Å². The second-order valence-corrected chi connectivity index (χ2v) is 8.72. The second kappa shape index (κ2) is 8.29. The first-order valence-corrected chi connectivity index (χ1v) is 10.5. The van der Waals surface area contributed by atoms with Gasteiger partial charge in [-0.15, -0.1) is 0 Å². The summed E-state index contributed by atoms with van der Waals surface area (Å²) in [5.74, 6) is -0.720. The molecule has 2 aromatic carbocycles. The molecule has 1 amide bonds. The normalized spacial score (nSPS) is 12.3. The van der Waals surface area contributed by atoms with Crippen molar-refractivity contribution in [2.24, 2.45) is 0 Å². The molecule has 144 valence electrons. The summed E-state index contributed by atoms with van der Waals surface area (Å²) in [6, 6.07) is 9.58. The third-order valence-electron chi connectivity index (χ3n) is 3.73. The van der Waals surface area contributed by atoms with Crippen LogP contribution >= 0.6 is 23.2 Å². The molecule has 0 saturated heterocycles. The number of hydrogen-bond donors (Lipinski definition) is 1. The first-order valence-electron chi connectivity index (χ1n) is 7.86. The van der Waals surface area contributed by atoms with Crippen molar-refractivity contribution in [1.29, 1.82) is 0 Å². The summed E-state index contributed by atoms with van der Waals surface area (Å²) < 4.78 is 25.6. The zero-order valence-corrected chi connectivity index (χ0v) is 17.2. The van der Waals surface area contributed by atoms with Gasteiger partial charge < -0.3 is 5.32 Å². The minimum Gasteiger partial charge on any atom is -0.324 e. The average Bonchev–Trinajstić information content (AvgIpc) is 2.52. The number of Topliss-reactive ketones (excluding diaryl/α,β-unsaturated/α-hetero) is 1. The van der Waals surface area contributed by atoms with E-state index in [1.54, 1.807) is 18.2 Å². The Hall–Kier alpha value is -2.09. The van der Waals surface area contributed by atoms with Crippen LogP contribution in [-0.4, -0.2) is 32.4 Å². The second-order valence-electron chi connectivity index (χ2n) is 5.99. The molecule has 2 rings (SSSR count). The van der Waals surface area contributed by atoms with E-state index in [2.05, 4.69) is 5.32 Å². The number of nitrogens with one attached hydrogen (secondary N) is 1. The molecule has 1 atom stereocenters. The van der Waals surface area contributed by atoms with Gasteiger partial charge in [-0.2, -0.15) is 0 Å². The van der Waals surface area contributed by atoms with Crippen molar-refractivity contribution >= 4 is 56.3 Å². The van der Waals surface area contributed by atoms with E-state index < -0.39 is 22.0 Å². The topological polar surface area (TPSA) is 83.6 Å². The van der Waals surface area contributed by atoms with E-state index in [0.717, 1.165) is 10.6 Å². The lowest BCUT2D eigenvalue weighted by Gasteiger charge is -2.28. The molecule has 9 heteroatoms. The Labute approximate surface area is 168 Å². The van der Waals surface area contributed by atoms with E-state index in [0.29, 0.717) is 11.3 Å². The van der Waals surface area contributed by atoms with Crippen molar-refractivity contribution in [2.75, 3.05) is 15.9 Å². The van der Waals surface area contributed by atoms with Gasteiger partial charge in [0, 0.05) is 21.3 Å². The van der Waals surface area contributed by atoms with Crippen LogP contribution in [0.4, 0.5) is 11.4 Å². The van der Waals surface area contributed by atoms with Gasteiger partial charge in [-0.1, -0.05) is 35.3 Å². The lowest BCUT2D eigenvalue weighted by atomic mass is 10.1. The van der Waals surface area contributed by atoms with Crippen molar-refractivity contribution in [3.8, 4) is 0 Å². The zero-order chi connectivity index (χ0) is 20.4. The predicted molar refractivity (Wildman–Crippen MR) is 108 cm³/mol. The molecule has 1 unspecified atom stereocenters. The van der Waals surface area contributed by atoms with Crippen LogP contribution in [0, 0.1) is 0 Å². The fraction of sp³-hybridized carbons (Fsp3) is 0.222. The smallest absolute Gasteiger partial charge is 0.247 e. The number of ketones is 1.